The van der Waals surface area contributed by atoms with Gasteiger partial charge in [0, 0.05) is 24.0 Å². The second-order valence-corrected chi connectivity index (χ2v) is 4.47. The summed E-state index contributed by atoms with van der Waals surface area (Å²) in [4.78, 5) is 16.4. The van der Waals surface area contributed by atoms with Crippen LogP contribution in [0.4, 0.5) is 0 Å². The van der Waals surface area contributed by atoms with Gasteiger partial charge in [0.1, 0.15) is 6.07 Å². The zero-order chi connectivity index (χ0) is 14.7. The Labute approximate surface area is 121 Å². The van der Waals surface area contributed by atoms with Crippen molar-refractivity contribution in [2.24, 2.45) is 0 Å². The van der Waals surface area contributed by atoms with Gasteiger partial charge in [-0.15, -0.1) is 0 Å². The fourth-order valence-corrected chi connectivity index (χ4v) is 2.14. The fourth-order valence-electron chi connectivity index (χ4n) is 2.14. The Hall–Kier alpha value is -3.19. The molecule has 0 aliphatic rings. The van der Waals surface area contributed by atoms with Crippen LogP contribution in [0.15, 0.2) is 71.8 Å². The maximum atomic E-state index is 12.1. The topological polar surface area (TPSA) is 58.7 Å². The van der Waals surface area contributed by atoms with Gasteiger partial charge < -0.3 is 0 Å². The zero-order valence-corrected chi connectivity index (χ0v) is 11.1. The minimum absolute atomic E-state index is 0.183. The van der Waals surface area contributed by atoms with Gasteiger partial charge in [0.05, 0.1) is 16.9 Å². The smallest absolute Gasteiger partial charge is 0.255 e. The average Bonchev–Trinajstić information content (AvgIpc) is 2.56. The Morgan fingerprint density at radius 3 is 2.57 bits per heavy atom. The number of hydrogen-bond acceptors (Lipinski definition) is 3. The zero-order valence-electron chi connectivity index (χ0n) is 11.1. The molecule has 1 aromatic carbocycles. The number of pyridine rings is 2. The van der Waals surface area contributed by atoms with E-state index in [2.05, 4.69) is 11.1 Å². The fraction of sp³-hybridized carbons (Fsp3) is 0. The third-order valence-corrected chi connectivity index (χ3v) is 3.16. The van der Waals surface area contributed by atoms with E-state index in [4.69, 9.17) is 0 Å². The molecule has 0 radical (unpaired) electrons. The highest BCUT2D eigenvalue weighted by Gasteiger charge is 2.07. The first-order valence-corrected chi connectivity index (χ1v) is 6.43. The normalized spacial score (nSPS) is 10.0. The molecule has 0 amide bonds. The Morgan fingerprint density at radius 2 is 1.81 bits per heavy atom. The maximum Gasteiger partial charge on any atom is 0.255 e. The standard InChI is InChI=1S/C17H11N3O/c18-11-13-5-1-2-7-16(13)20-12-14(8-9-17(20)21)15-6-3-4-10-19-15/h1-10,12H. The van der Waals surface area contributed by atoms with Gasteiger partial charge in [0.15, 0.2) is 0 Å². The summed E-state index contributed by atoms with van der Waals surface area (Å²) >= 11 is 0. The molecule has 21 heavy (non-hydrogen) atoms. The van der Waals surface area contributed by atoms with E-state index < -0.39 is 0 Å². The van der Waals surface area contributed by atoms with Crippen molar-refractivity contribution in [1.82, 2.24) is 9.55 Å². The third kappa shape index (κ3) is 2.45. The molecule has 0 N–H and O–H groups in total. The first kappa shape index (κ1) is 12.8. The largest absolute Gasteiger partial charge is 0.282 e. The molecule has 3 aromatic rings. The van der Waals surface area contributed by atoms with Gasteiger partial charge in [-0.2, -0.15) is 5.26 Å². The second kappa shape index (κ2) is 5.43. The average molecular weight is 273 g/mol. The summed E-state index contributed by atoms with van der Waals surface area (Å²) in [6.45, 7) is 0. The van der Waals surface area contributed by atoms with Crippen LogP contribution in [0.2, 0.25) is 0 Å². The van der Waals surface area contributed by atoms with E-state index >= 15 is 0 Å². The van der Waals surface area contributed by atoms with Crippen molar-refractivity contribution in [3.8, 4) is 23.0 Å². The molecule has 0 bridgehead atoms. The molecule has 0 saturated heterocycles. The summed E-state index contributed by atoms with van der Waals surface area (Å²) in [5.41, 5.74) is 2.45. The number of hydrogen-bond donors (Lipinski definition) is 0. The number of rotatable bonds is 2. The summed E-state index contributed by atoms with van der Waals surface area (Å²) in [7, 11) is 0. The first-order valence-electron chi connectivity index (χ1n) is 6.43. The minimum Gasteiger partial charge on any atom is -0.282 e. The van der Waals surface area contributed by atoms with Crippen LogP contribution in [0, 0.1) is 11.3 Å². The lowest BCUT2D eigenvalue weighted by Gasteiger charge is -2.09. The molecule has 0 aliphatic carbocycles. The molecular weight excluding hydrogens is 262 g/mol. The van der Waals surface area contributed by atoms with Gasteiger partial charge in [-0.05, 0) is 30.3 Å². The van der Waals surface area contributed by atoms with Crippen LogP contribution in [-0.2, 0) is 0 Å². The quantitative estimate of drug-likeness (QED) is 0.721. The molecule has 0 fully saturated rings. The predicted octanol–water partition coefficient (Wildman–Crippen LogP) is 2.77. The lowest BCUT2D eigenvalue weighted by molar-refractivity contribution is 0.985. The van der Waals surface area contributed by atoms with Crippen molar-refractivity contribution in [2.45, 2.75) is 0 Å². The van der Waals surface area contributed by atoms with Crippen molar-refractivity contribution in [3.63, 3.8) is 0 Å². The van der Waals surface area contributed by atoms with Crippen LogP contribution in [0.1, 0.15) is 5.56 Å². The predicted molar refractivity (Wildman–Crippen MR) is 80.0 cm³/mol. The molecule has 0 spiro atoms. The monoisotopic (exact) mass is 273 g/mol. The molecule has 2 aromatic heterocycles. The lowest BCUT2D eigenvalue weighted by Crippen LogP contribution is -2.17. The van der Waals surface area contributed by atoms with E-state index in [-0.39, 0.29) is 5.56 Å². The molecule has 100 valence electrons. The number of benzene rings is 1. The lowest BCUT2D eigenvalue weighted by atomic mass is 10.1. The number of aromatic nitrogens is 2. The van der Waals surface area contributed by atoms with Crippen molar-refractivity contribution >= 4 is 0 Å². The summed E-state index contributed by atoms with van der Waals surface area (Å²) in [5, 5.41) is 9.18. The van der Waals surface area contributed by atoms with Crippen molar-refractivity contribution in [2.75, 3.05) is 0 Å². The van der Waals surface area contributed by atoms with Gasteiger partial charge in [-0.25, -0.2) is 0 Å². The van der Waals surface area contributed by atoms with Crippen LogP contribution >= 0.6 is 0 Å². The summed E-state index contributed by atoms with van der Waals surface area (Å²) in [5.74, 6) is 0. The van der Waals surface area contributed by atoms with E-state index in [1.165, 1.54) is 10.6 Å². The second-order valence-electron chi connectivity index (χ2n) is 4.47. The first-order chi connectivity index (χ1) is 10.3. The molecule has 3 rings (SSSR count). The van der Waals surface area contributed by atoms with Gasteiger partial charge in [0.25, 0.3) is 5.56 Å². The third-order valence-electron chi connectivity index (χ3n) is 3.16. The molecule has 0 atom stereocenters. The van der Waals surface area contributed by atoms with Crippen LogP contribution in [-0.4, -0.2) is 9.55 Å². The Kier molecular flexibility index (Phi) is 3.32. The van der Waals surface area contributed by atoms with Gasteiger partial charge in [-0.1, -0.05) is 18.2 Å². The SMILES string of the molecule is N#Cc1ccccc1-n1cc(-c2ccccn2)ccc1=O. The number of para-hydroxylation sites is 1. The Morgan fingerprint density at radius 1 is 1.00 bits per heavy atom. The molecule has 0 saturated carbocycles. The van der Waals surface area contributed by atoms with Crippen LogP contribution in [0.25, 0.3) is 16.9 Å². The highest BCUT2D eigenvalue weighted by Crippen LogP contribution is 2.17. The molecule has 4 nitrogen and oxygen atoms in total. The highest BCUT2D eigenvalue weighted by molar-refractivity contribution is 5.59. The maximum absolute atomic E-state index is 12.1. The van der Waals surface area contributed by atoms with Crippen LogP contribution in [0.5, 0.6) is 0 Å². The van der Waals surface area contributed by atoms with Crippen molar-refractivity contribution < 1.29 is 0 Å². The van der Waals surface area contributed by atoms with Gasteiger partial charge in [-0.3, -0.25) is 14.3 Å². The number of nitrogens with zero attached hydrogens (tertiary/aromatic N) is 3. The molecule has 2 heterocycles. The summed E-state index contributed by atoms with van der Waals surface area (Å²) < 4.78 is 1.47. The van der Waals surface area contributed by atoms with Gasteiger partial charge >= 0.3 is 0 Å². The van der Waals surface area contributed by atoms with E-state index in [9.17, 15) is 10.1 Å². The van der Waals surface area contributed by atoms with E-state index in [1.807, 2.05) is 18.2 Å². The van der Waals surface area contributed by atoms with Gasteiger partial charge in [0.2, 0.25) is 0 Å². The van der Waals surface area contributed by atoms with Crippen molar-refractivity contribution in [1.29, 1.82) is 5.26 Å². The van der Waals surface area contributed by atoms with E-state index in [0.717, 1.165) is 11.3 Å². The van der Waals surface area contributed by atoms with E-state index in [0.29, 0.717) is 11.3 Å². The molecule has 4 heteroatoms. The van der Waals surface area contributed by atoms with Crippen molar-refractivity contribution in [3.05, 3.63) is 82.9 Å². The molecule has 0 unspecified atom stereocenters. The minimum atomic E-state index is -0.183. The Balaban J connectivity index is 2.20. The summed E-state index contributed by atoms with van der Waals surface area (Å²) in [6.07, 6.45) is 3.41. The Bertz CT molecular complexity index is 876. The molecule has 0 aliphatic heterocycles. The molecular formula is C17H11N3O. The number of nitriles is 1. The van der Waals surface area contributed by atoms with E-state index in [1.54, 1.807) is 42.7 Å². The summed E-state index contributed by atoms with van der Waals surface area (Å²) in [6, 6.07) is 17.9. The van der Waals surface area contributed by atoms with Crippen LogP contribution < -0.4 is 5.56 Å². The highest BCUT2D eigenvalue weighted by atomic mass is 16.1. The van der Waals surface area contributed by atoms with Crippen LogP contribution in [0.3, 0.4) is 0 Å².